The number of fused-ring (bicyclic) bond motifs is 7. The second-order valence-corrected chi connectivity index (χ2v) is 15.7. The van der Waals surface area contributed by atoms with Gasteiger partial charge in [0.2, 0.25) is 0 Å². The first-order valence-electron chi connectivity index (χ1n) is 15.7. The summed E-state index contributed by atoms with van der Waals surface area (Å²) in [6, 6.07) is 12.8. The fraction of sp³-hybridized carbons (Fsp3) is 0.526. The monoisotopic (exact) mass is 546 g/mol. The molecule has 0 aromatic heterocycles. The molecular weight excluding hydrogens is 500 g/mol. The first-order chi connectivity index (χ1) is 19.2. The van der Waals surface area contributed by atoms with Gasteiger partial charge in [0.25, 0.3) is 0 Å². The molecule has 41 heavy (non-hydrogen) atoms. The maximum absolute atomic E-state index is 11.3. The molecule has 0 heterocycles. The molecule has 0 bridgehead atoms. The van der Waals surface area contributed by atoms with Crippen molar-refractivity contribution in [2.75, 3.05) is 7.05 Å². The highest BCUT2D eigenvalue weighted by atomic mass is 16.3. The molecule has 0 saturated carbocycles. The Kier molecular flexibility index (Phi) is 5.47. The Morgan fingerprint density at radius 3 is 1.93 bits per heavy atom. The van der Waals surface area contributed by atoms with E-state index in [1.165, 1.54) is 69.6 Å². The molecule has 4 aliphatic carbocycles. The Hall–Kier alpha value is -2.94. The van der Waals surface area contributed by atoms with Crippen LogP contribution in [0.2, 0.25) is 0 Å². The molecule has 0 aliphatic heterocycles. The lowest BCUT2D eigenvalue weighted by Crippen LogP contribution is -2.36. The second-order valence-electron chi connectivity index (χ2n) is 15.7. The molecule has 2 atom stereocenters. The standard InChI is InChI=1S/C38H46N2O/c1-10-37(8)18-26-16-32-34(17-30(26)37)38(21-36(32,6)7)20-35(4,5)31-14-24-12-28-23(3)22(2)11-27(19-40(9)39-41)29(28)13-25(24)15-33(31)38/h11,14-17H,10,12-13,18-21H2,1-9H3. The summed E-state index contributed by atoms with van der Waals surface area (Å²) in [7, 11) is 1.78. The molecule has 214 valence electrons. The Balaban J connectivity index is 1.40. The molecule has 4 aliphatic rings. The zero-order chi connectivity index (χ0) is 29.3. The van der Waals surface area contributed by atoms with Crippen LogP contribution in [0.5, 0.6) is 0 Å². The van der Waals surface area contributed by atoms with Gasteiger partial charge in [-0.25, -0.2) is 0 Å². The van der Waals surface area contributed by atoms with Gasteiger partial charge in [-0.3, -0.25) is 5.01 Å². The predicted octanol–water partition coefficient (Wildman–Crippen LogP) is 8.78. The van der Waals surface area contributed by atoms with Crippen molar-refractivity contribution >= 4 is 0 Å². The lowest BCUT2D eigenvalue weighted by atomic mass is 9.61. The zero-order valence-corrected chi connectivity index (χ0v) is 26.6. The third kappa shape index (κ3) is 3.56. The van der Waals surface area contributed by atoms with E-state index in [-0.39, 0.29) is 16.2 Å². The minimum Gasteiger partial charge on any atom is -0.260 e. The largest absolute Gasteiger partial charge is 0.260 e. The lowest BCUT2D eigenvalue weighted by molar-refractivity contribution is 0.340. The SMILES string of the molecule is CCC1(C)Cc2cc3c(cc21)C1(CC(C)(C)c2cc4c(cc21)Cc1c(CN(C)N=O)cc(C)c(C)c1C4)CC3(C)C. The molecule has 0 fully saturated rings. The van der Waals surface area contributed by atoms with Gasteiger partial charge in [0.15, 0.2) is 0 Å². The second kappa shape index (κ2) is 8.33. The maximum atomic E-state index is 11.3. The molecule has 0 N–H and O–H groups in total. The smallest absolute Gasteiger partial charge is 0.0642 e. The summed E-state index contributed by atoms with van der Waals surface area (Å²) in [5, 5.41) is 4.72. The highest BCUT2D eigenvalue weighted by molar-refractivity contribution is 5.66. The van der Waals surface area contributed by atoms with Crippen LogP contribution in [0.4, 0.5) is 0 Å². The fourth-order valence-corrected chi connectivity index (χ4v) is 9.67. The van der Waals surface area contributed by atoms with Gasteiger partial charge < -0.3 is 0 Å². The summed E-state index contributed by atoms with van der Waals surface area (Å²) in [5.74, 6) is 0. The van der Waals surface area contributed by atoms with Gasteiger partial charge in [-0.1, -0.05) is 71.9 Å². The number of aryl methyl sites for hydroxylation is 1. The van der Waals surface area contributed by atoms with Crippen molar-refractivity contribution in [1.29, 1.82) is 0 Å². The molecule has 2 unspecified atom stereocenters. The summed E-state index contributed by atoms with van der Waals surface area (Å²) in [5.41, 5.74) is 20.1. The van der Waals surface area contributed by atoms with Gasteiger partial charge in [-0.15, -0.1) is 4.91 Å². The van der Waals surface area contributed by atoms with E-state index >= 15 is 0 Å². The minimum absolute atomic E-state index is 0.0694. The van der Waals surface area contributed by atoms with Crippen LogP contribution in [0, 0.1) is 18.8 Å². The van der Waals surface area contributed by atoms with Gasteiger partial charge in [0, 0.05) is 12.5 Å². The third-order valence-corrected chi connectivity index (χ3v) is 12.0. The van der Waals surface area contributed by atoms with Gasteiger partial charge in [-0.05, 0) is 141 Å². The number of hydrogen-bond donors (Lipinski definition) is 0. The number of benzene rings is 3. The van der Waals surface area contributed by atoms with E-state index in [9.17, 15) is 4.91 Å². The first kappa shape index (κ1) is 26.9. The number of nitrogens with zero attached hydrogens (tertiary/aromatic N) is 2. The molecule has 0 amide bonds. The molecule has 3 nitrogen and oxygen atoms in total. The molecular formula is C38H46N2O. The third-order valence-electron chi connectivity index (χ3n) is 12.0. The molecule has 0 saturated heterocycles. The zero-order valence-electron chi connectivity index (χ0n) is 26.6. The molecule has 3 aromatic carbocycles. The van der Waals surface area contributed by atoms with Crippen LogP contribution in [-0.2, 0) is 47.5 Å². The summed E-state index contributed by atoms with van der Waals surface area (Å²) in [6.07, 6.45) is 6.71. The summed E-state index contributed by atoms with van der Waals surface area (Å²) in [6.45, 7) is 19.8. The van der Waals surface area contributed by atoms with Gasteiger partial charge in [0.05, 0.1) is 11.8 Å². The highest BCUT2D eigenvalue weighted by Crippen LogP contribution is 2.64. The maximum Gasteiger partial charge on any atom is 0.0642 e. The van der Waals surface area contributed by atoms with E-state index < -0.39 is 0 Å². The fourth-order valence-electron chi connectivity index (χ4n) is 9.67. The normalized spacial score (nSPS) is 25.6. The Labute approximate surface area is 246 Å². The van der Waals surface area contributed by atoms with Crippen molar-refractivity contribution in [3.05, 3.63) is 108 Å². The molecule has 7 rings (SSSR count). The lowest BCUT2D eigenvalue weighted by Gasteiger charge is -2.42. The quantitative estimate of drug-likeness (QED) is 0.189. The number of nitroso groups, excluding NO2 is 1. The van der Waals surface area contributed by atoms with Gasteiger partial charge in [-0.2, -0.15) is 0 Å². The van der Waals surface area contributed by atoms with E-state index in [1.54, 1.807) is 40.4 Å². The van der Waals surface area contributed by atoms with E-state index in [4.69, 9.17) is 0 Å². The Morgan fingerprint density at radius 1 is 0.756 bits per heavy atom. The predicted molar refractivity (Wildman–Crippen MR) is 169 cm³/mol. The van der Waals surface area contributed by atoms with Gasteiger partial charge in [0.1, 0.15) is 0 Å². The van der Waals surface area contributed by atoms with Crippen molar-refractivity contribution in [2.45, 2.75) is 122 Å². The summed E-state index contributed by atoms with van der Waals surface area (Å²) in [4.78, 5) is 11.3. The van der Waals surface area contributed by atoms with Crippen LogP contribution in [0.25, 0.3) is 0 Å². The first-order valence-corrected chi connectivity index (χ1v) is 15.7. The van der Waals surface area contributed by atoms with Crippen molar-refractivity contribution < 1.29 is 0 Å². The summed E-state index contributed by atoms with van der Waals surface area (Å²) < 4.78 is 0. The van der Waals surface area contributed by atoms with Crippen LogP contribution < -0.4 is 0 Å². The Bertz CT molecular complexity index is 1660. The minimum atomic E-state index is 0.0694. The van der Waals surface area contributed by atoms with Crippen LogP contribution in [0.1, 0.15) is 133 Å². The van der Waals surface area contributed by atoms with E-state index in [2.05, 4.69) is 91.0 Å². The van der Waals surface area contributed by atoms with Crippen molar-refractivity contribution in [3.8, 4) is 0 Å². The van der Waals surface area contributed by atoms with Crippen LogP contribution in [0.3, 0.4) is 0 Å². The molecule has 3 heteroatoms. The number of rotatable bonds is 4. The van der Waals surface area contributed by atoms with Crippen LogP contribution in [0.15, 0.2) is 35.6 Å². The average Bonchev–Trinajstić information content (AvgIpc) is 3.27. The number of hydrogen-bond acceptors (Lipinski definition) is 2. The van der Waals surface area contributed by atoms with Crippen LogP contribution >= 0.6 is 0 Å². The Morgan fingerprint density at radius 2 is 1.32 bits per heavy atom. The highest BCUT2D eigenvalue weighted by Gasteiger charge is 2.57. The average molecular weight is 547 g/mol. The van der Waals surface area contributed by atoms with E-state index in [1.807, 2.05) is 0 Å². The van der Waals surface area contributed by atoms with Crippen molar-refractivity contribution in [2.24, 2.45) is 5.29 Å². The van der Waals surface area contributed by atoms with Gasteiger partial charge >= 0.3 is 0 Å². The van der Waals surface area contributed by atoms with Crippen molar-refractivity contribution in [1.82, 2.24) is 5.01 Å². The van der Waals surface area contributed by atoms with Crippen LogP contribution in [-0.4, -0.2) is 12.1 Å². The summed E-state index contributed by atoms with van der Waals surface area (Å²) >= 11 is 0. The molecule has 0 radical (unpaired) electrons. The molecule has 1 spiro atoms. The van der Waals surface area contributed by atoms with E-state index in [0.717, 1.165) is 12.8 Å². The molecule has 3 aromatic rings. The van der Waals surface area contributed by atoms with E-state index in [0.29, 0.717) is 12.0 Å². The van der Waals surface area contributed by atoms with Crippen molar-refractivity contribution in [3.63, 3.8) is 0 Å². The topological polar surface area (TPSA) is 32.7 Å².